The van der Waals surface area contributed by atoms with Crippen LogP contribution >= 0.6 is 24.0 Å². The van der Waals surface area contributed by atoms with Crippen LogP contribution in [-0.4, -0.2) is 70.1 Å². The Labute approximate surface area is 199 Å². The number of methoxy groups -OCH3 is 1. The lowest BCUT2D eigenvalue weighted by Gasteiger charge is -2.34. The van der Waals surface area contributed by atoms with Crippen molar-refractivity contribution in [1.82, 2.24) is 10.2 Å². The lowest BCUT2D eigenvalue weighted by molar-refractivity contribution is 0.00990. The molecule has 1 aliphatic rings. The van der Waals surface area contributed by atoms with Crippen LogP contribution < -0.4 is 10.1 Å². The standard InChI is InChI=1S/C23H39N3O3.HI/c1-4-24-23(26-15-12-22(13-16-26)29-19-7-17-27-3)25-14-5-6-18-28-21-10-8-20(2)9-11-21;/h8-11,22H,4-7,12-19H2,1-3H3,(H,24,25);1H. The van der Waals surface area contributed by atoms with Crippen LogP contribution in [-0.2, 0) is 9.47 Å². The predicted octanol–water partition coefficient (Wildman–Crippen LogP) is 4.26. The number of unbranched alkanes of at least 4 members (excludes halogenated alkanes) is 1. The van der Waals surface area contributed by atoms with Gasteiger partial charge in [0, 0.05) is 46.5 Å². The van der Waals surface area contributed by atoms with Crippen LogP contribution in [0.1, 0.15) is 44.6 Å². The number of nitrogens with zero attached hydrogens (tertiary/aromatic N) is 2. The van der Waals surface area contributed by atoms with Crippen LogP contribution in [0.4, 0.5) is 0 Å². The molecule has 0 spiro atoms. The molecule has 0 unspecified atom stereocenters. The number of piperidine rings is 1. The maximum atomic E-state index is 5.96. The number of aryl methyl sites for hydroxylation is 1. The molecule has 0 bridgehead atoms. The summed E-state index contributed by atoms with van der Waals surface area (Å²) in [5, 5.41) is 3.44. The lowest BCUT2D eigenvalue weighted by atomic mass is 10.1. The third kappa shape index (κ3) is 10.8. The zero-order valence-corrected chi connectivity index (χ0v) is 21.2. The van der Waals surface area contributed by atoms with Gasteiger partial charge in [-0.2, -0.15) is 0 Å². The molecule has 30 heavy (non-hydrogen) atoms. The topological polar surface area (TPSA) is 55.3 Å². The molecule has 6 nitrogen and oxygen atoms in total. The monoisotopic (exact) mass is 533 g/mol. The molecule has 1 fully saturated rings. The van der Waals surface area contributed by atoms with Crippen molar-refractivity contribution in [3.8, 4) is 5.75 Å². The summed E-state index contributed by atoms with van der Waals surface area (Å²) in [6.07, 6.45) is 5.48. The van der Waals surface area contributed by atoms with Gasteiger partial charge in [-0.25, -0.2) is 0 Å². The minimum absolute atomic E-state index is 0. The first-order chi connectivity index (χ1) is 14.2. The number of aliphatic imine (C=N–C) groups is 1. The Morgan fingerprint density at radius 2 is 1.80 bits per heavy atom. The van der Waals surface area contributed by atoms with Crippen LogP contribution in [0.15, 0.2) is 29.3 Å². The largest absolute Gasteiger partial charge is 0.494 e. The van der Waals surface area contributed by atoms with E-state index in [4.69, 9.17) is 19.2 Å². The number of benzene rings is 1. The van der Waals surface area contributed by atoms with Gasteiger partial charge in [0.1, 0.15) is 5.75 Å². The summed E-state index contributed by atoms with van der Waals surface area (Å²) in [5.74, 6) is 1.98. The van der Waals surface area contributed by atoms with Crippen molar-refractivity contribution in [3.05, 3.63) is 29.8 Å². The molecule has 0 atom stereocenters. The number of rotatable bonds is 12. The number of ether oxygens (including phenoxy) is 3. The molecule has 0 aromatic heterocycles. The minimum atomic E-state index is 0. The van der Waals surface area contributed by atoms with E-state index in [1.165, 1.54) is 5.56 Å². The van der Waals surface area contributed by atoms with Gasteiger partial charge in [0.2, 0.25) is 0 Å². The molecule has 1 aromatic carbocycles. The Morgan fingerprint density at radius 3 is 2.47 bits per heavy atom. The van der Waals surface area contributed by atoms with Gasteiger partial charge in [-0.15, -0.1) is 24.0 Å². The van der Waals surface area contributed by atoms with E-state index in [-0.39, 0.29) is 24.0 Å². The van der Waals surface area contributed by atoms with Crippen molar-refractivity contribution < 1.29 is 14.2 Å². The van der Waals surface area contributed by atoms with Crippen LogP contribution in [0.3, 0.4) is 0 Å². The Hall–Kier alpha value is -1.06. The van der Waals surface area contributed by atoms with Crippen LogP contribution in [0.2, 0.25) is 0 Å². The number of likely N-dealkylation sites (tertiary alicyclic amines) is 1. The van der Waals surface area contributed by atoms with Gasteiger partial charge >= 0.3 is 0 Å². The fourth-order valence-corrected chi connectivity index (χ4v) is 3.34. The zero-order valence-electron chi connectivity index (χ0n) is 18.9. The van der Waals surface area contributed by atoms with Crippen molar-refractivity contribution in [2.45, 2.75) is 52.1 Å². The highest BCUT2D eigenvalue weighted by atomic mass is 127. The van der Waals surface area contributed by atoms with Crippen molar-refractivity contribution in [1.29, 1.82) is 0 Å². The van der Waals surface area contributed by atoms with Gasteiger partial charge < -0.3 is 24.4 Å². The van der Waals surface area contributed by atoms with E-state index >= 15 is 0 Å². The lowest BCUT2D eigenvalue weighted by Crippen LogP contribution is -2.47. The number of nitrogens with one attached hydrogen (secondary N) is 1. The van der Waals surface area contributed by atoms with Gasteiger partial charge in [0.05, 0.1) is 12.7 Å². The van der Waals surface area contributed by atoms with Crippen molar-refractivity contribution in [2.24, 2.45) is 4.99 Å². The molecule has 1 heterocycles. The highest BCUT2D eigenvalue weighted by molar-refractivity contribution is 14.0. The molecule has 1 N–H and O–H groups in total. The van der Waals surface area contributed by atoms with Crippen LogP contribution in [0.5, 0.6) is 5.75 Å². The van der Waals surface area contributed by atoms with E-state index in [2.05, 4.69) is 36.2 Å². The first-order valence-electron chi connectivity index (χ1n) is 11.1. The highest BCUT2D eigenvalue weighted by Crippen LogP contribution is 2.15. The minimum Gasteiger partial charge on any atom is -0.494 e. The van der Waals surface area contributed by atoms with Gasteiger partial charge in [0.25, 0.3) is 0 Å². The third-order valence-electron chi connectivity index (χ3n) is 5.03. The first kappa shape index (κ1) is 27.0. The summed E-state index contributed by atoms with van der Waals surface area (Å²) in [7, 11) is 1.73. The van der Waals surface area contributed by atoms with Gasteiger partial charge in [-0.3, -0.25) is 4.99 Å². The average Bonchev–Trinajstić information content (AvgIpc) is 2.75. The number of hydrogen-bond acceptors (Lipinski definition) is 4. The van der Waals surface area contributed by atoms with E-state index in [0.717, 1.165) is 89.8 Å². The Morgan fingerprint density at radius 1 is 1.07 bits per heavy atom. The molecule has 0 saturated carbocycles. The molecule has 0 radical (unpaired) electrons. The number of guanidine groups is 1. The molecule has 2 rings (SSSR count). The molecular weight excluding hydrogens is 493 g/mol. The van der Waals surface area contributed by atoms with Crippen LogP contribution in [0.25, 0.3) is 0 Å². The highest BCUT2D eigenvalue weighted by Gasteiger charge is 2.21. The van der Waals surface area contributed by atoms with E-state index < -0.39 is 0 Å². The average molecular weight is 533 g/mol. The van der Waals surface area contributed by atoms with E-state index in [1.54, 1.807) is 7.11 Å². The maximum absolute atomic E-state index is 5.96. The van der Waals surface area contributed by atoms with Crippen LogP contribution in [0, 0.1) is 6.92 Å². The van der Waals surface area contributed by atoms with Gasteiger partial charge in [-0.1, -0.05) is 17.7 Å². The summed E-state index contributed by atoms with van der Waals surface area (Å²) in [5.41, 5.74) is 1.25. The molecule has 0 aliphatic carbocycles. The summed E-state index contributed by atoms with van der Waals surface area (Å²) in [6.45, 7) is 10.2. The Bertz CT molecular complexity index is 576. The van der Waals surface area contributed by atoms with E-state index in [1.807, 2.05) is 12.1 Å². The Kier molecular flexibility index (Phi) is 14.9. The smallest absolute Gasteiger partial charge is 0.193 e. The molecule has 0 amide bonds. The van der Waals surface area contributed by atoms with Crippen molar-refractivity contribution in [2.75, 3.05) is 53.1 Å². The number of halogens is 1. The molecule has 1 aromatic rings. The fraction of sp³-hybridized carbons (Fsp3) is 0.696. The van der Waals surface area contributed by atoms with E-state index in [0.29, 0.717) is 6.10 Å². The fourth-order valence-electron chi connectivity index (χ4n) is 3.34. The second-order valence-corrected chi connectivity index (χ2v) is 7.51. The SMILES string of the molecule is CCNC(=NCCCCOc1ccc(C)cc1)N1CCC(OCCCOC)CC1.I. The van der Waals surface area contributed by atoms with Gasteiger partial charge in [-0.05, 0) is 58.1 Å². The molecule has 172 valence electrons. The maximum Gasteiger partial charge on any atom is 0.193 e. The first-order valence-corrected chi connectivity index (χ1v) is 11.1. The second kappa shape index (κ2) is 16.6. The summed E-state index contributed by atoms with van der Waals surface area (Å²) >= 11 is 0. The molecule has 1 aliphatic heterocycles. The molecular formula is C23H40IN3O3. The summed E-state index contributed by atoms with van der Waals surface area (Å²) in [6, 6.07) is 8.22. The molecule has 1 saturated heterocycles. The number of hydrogen-bond donors (Lipinski definition) is 1. The zero-order chi connectivity index (χ0) is 20.7. The summed E-state index contributed by atoms with van der Waals surface area (Å²) < 4.78 is 16.8. The van der Waals surface area contributed by atoms with Gasteiger partial charge in [0.15, 0.2) is 5.96 Å². The molecule has 7 heteroatoms. The normalized spacial score (nSPS) is 15.0. The Balaban J connectivity index is 0.00000450. The van der Waals surface area contributed by atoms with Crippen molar-refractivity contribution >= 4 is 29.9 Å². The second-order valence-electron chi connectivity index (χ2n) is 7.51. The summed E-state index contributed by atoms with van der Waals surface area (Å²) in [4.78, 5) is 7.19. The predicted molar refractivity (Wildman–Crippen MR) is 134 cm³/mol. The quantitative estimate of drug-likeness (QED) is 0.189. The third-order valence-corrected chi connectivity index (χ3v) is 5.03. The van der Waals surface area contributed by atoms with Crippen molar-refractivity contribution in [3.63, 3.8) is 0 Å². The van der Waals surface area contributed by atoms with E-state index in [9.17, 15) is 0 Å².